The maximum Gasteiger partial charge on any atom is 0.306 e. The molecule has 1 aliphatic heterocycles. The van der Waals surface area contributed by atoms with Gasteiger partial charge in [-0.25, -0.2) is 0 Å². The molecule has 1 aromatic rings. The molecule has 2 amide bonds. The zero-order valence-corrected chi connectivity index (χ0v) is 14.9. The van der Waals surface area contributed by atoms with Crippen molar-refractivity contribution in [3.05, 3.63) is 35.4 Å². The number of esters is 1. The number of benzene rings is 1. The van der Waals surface area contributed by atoms with Crippen LogP contribution in [0.5, 0.6) is 0 Å². The summed E-state index contributed by atoms with van der Waals surface area (Å²) in [6.07, 6.45) is 1.75. The van der Waals surface area contributed by atoms with Gasteiger partial charge in [0.05, 0.1) is 13.0 Å². The summed E-state index contributed by atoms with van der Waals surface area (Å²) < 4.78 is 4.83. The van der Waals surface area contributed by atoms with Crippen molar-refractivity contribution in [2.75, 3.05) is 19.7 Å². The number of hydrogen-bond donors (Lipinski definition) is 1. The first kappa shape index (κ1) is 19.0. The highest BCUT2D eigenvalue weighted by Gasteiger charge is 2.24. The summed E-state index contributed by atoms with van der Waals surface area (Å²) in [4.78, 5) is 37.4. The van der Waals surface area contributed by atoms with Gasteiger partial charge in [-0.1, -0.05) is 17.7 Å². The summed E-state index contributed by atoms with van der Waals surface area (Å²) >= 11 is 0. The lowest BCUT2D eigenvalue weighted by molar-refractivity contribution is -0.145. The van der Waals surface area contributed by atoms with Crippen LogP contribution in [-0.2, 0) is 14.3 Å². The minimum absolute atomic E-state index is 0.0311. The lowest BCUT2D eigenvalue weighted by Gasteiger charge is -2.32. The van der Waals surface area contributed by atoms with Crippen molar-refractivity contribution in [3.8, 4) is 0 Å². The molecule has 0 bridgehead atoms. The molecule has 6 nitrogen and oxygen atoms in total. The van der Waals surface area contributed by atoms with Gasteiger partial charge in [0.25, 0.3) is 5.91 Å². The molecular weight excluding hydrogens is 320 g/mol. The van der Waals surface area contributed by atoms with E-state index in [1.165, 1.54) is 0 Å². The Balaban J connectivity index is 1.73. The summed E-state index contributed by atoms with van der Waals surface area (Å²) in [7, 11) is 0. The van der Waals surface area contributed by atoms with Crippen molar-refractivity contribution in [3.63, 3.8) is 0 Å². The van der Waals surface area contributed by atoms with Gasteiger partial charge in [0.1, 0.15) is 0 Å². The number of carbonyl (C=O) groups excluding carboxylic acids is 3. The molecule has 1 saturated heterocycles. The number of nitrogens with zero attached hydrogens (tertiary/aromatic N) is 1. The number of rotatable bonds is 6. The SMILES string of the molecule is CCOC(=O)CCC(=O)N1CCC(NC(=O)c2ccc(C)cc2)CC1. The van der Waals surface area contributed by atoms with E-state index in [1.807, 2.05) is 31.2 Å². The van der Waals surface area contributed by atoms with Crippen LogP contribution in [0.3, 0.4) is 0 Å². The maximum absolute atomic E-state index is 12.2. The van der Waals surface area contributed by atoms with Crippen molar-refractivity contribution in [2.45, 2.75) is 45.6 Å². The predicted octanol–water partition coefficient (Wildman–Crippen LogP) is 2.06. The number of ether oxygens (including phenoxy) is 1. The lowest BCUT2D eigenvalue weighted by atomic mass is 10.0. The molecule has 136 valence electrons. The number of amides is 2. The number of piperidine rings is 1. The second-order valence-corrected chi connectivity index (χ2v) is 6.30. The fraction of sp³-hybridized carbons (Fsp3) is 0.526. The van der Waals surface area contributed by atoms with Crippen molar-refractivity contribution >= 4 is 17.8 Å². The predicted molar refractivity (Wildman–Crippen MR) is 94.1 cm³/mol. The number of hydrogen-bond acceptors (Lipinski definition) is 4. The largest absolute Gasteiger partial charge is 0.466 e. The van der Waals surface area contributed by atoms with Crippen LogP contribution in [0.1, 0.15) is 48.5 Å². The van der Waals surface area contributed by atoms with E-state index in [-0.39, 0.29) is 36.7 Å². The average Bonchev–Trinajstić information content (AvgIpc) is 2.61. The highest BCUT2D eigenvalue weighted by atomic mass is 16.5. The monoisotopic (exact) mass is 346 g/mol. The first-order valence-electron chi connectivity index (χ1n) is 8.80. The van der Waals surface area contributed by atoms with Gasteiger partial charge in [0.2, 0.25) is 5.91 Å². The normalized spacial score (nSPS) is 14.9. The molecule has 2 rings (SSSR count). The van der Waals surface area contributed by atoms with Gasteiger partial charge in [-0.3, -0.25) is 14.4 Å². The van der Waals surface area contributed by atoms with Crippen LogP contribution in [0.25, 0.3) is 0 Å². The van der Waals surface area contributed by atoms with Crippen LogP contribution in [0.4, 0.5) is 0 Å². The van der Waals surface area contributed by atoms with Gasteiger partial charge in [0, 0.05) is 31.1 Å². The Kier molecular flexibility index (Phi) is 6.98. The van der Waals surface area contributed by atoms with Crippen LogP contribution >= 0.6 is 0 Å². The third-order valence-electron chi connectivity index (χ3n) is 4.34. The standard InChI is InChI=1S/C19H26N2O4/c1-3-25-18(23)9-8-17(22)21-12-10-16(11-13-21)20-19(24)15-6-4-14(2)5-7-15/h4-7,16H,3,8-13H2,1-2H3,(H,20,24). The summed E-state index contributed by atoms with van der Waals surface area (Å²) in [5.41, 5.74) is 1.77. The van der Waals surface area contributed by atoms with Gasteiger partial charge in [-0.15, -0.1) is 0 Å². The molecule has 1 fully saturated rings. The minimum atomic E-state index is -0.337. The summed E-state index contributed by atoms with van der Waals surface area (Å²) in [5, 5.41) is 3.03. The molecule has 0 aromatic heterocycles. The fourth-order valence-electron chi connectivity index (χ4n) is 2.85. The molecule has 25 heavy (non-hydrogen) atoms. The Morgan fingerprint density at radius 3 is 2.36 bits per heavy atom. The molecule has 0 saturated carbocycles. The summed E-state index contributed by atoms with van der Waals surface area (Å²) in [5.74, 6) is -0.445. The molecule has 1 aromatic carbocycles. The van der Waals surface area contributed by atoms with E-state index in [0.717, 1.165) is 18.4 Å². The van der Waals surface area contributed by atoms with E-state index in [2.05, 4.69) is 5.32 Å². The van der Waals surface area contributed by atoms with Gasteiger partial charge in [0.15, 0.2) is 0 Å². The van der Waals surface area contributed by atoms with E-state index in [9.17, 15) is 14.4 Å². The summed E-state index contributed by atoms with van der Waals surface area (Å²) in [6, 6.07) is 7.54. The van der Waals surface area contributed by atoms with E-state index in [1.54, 1.807) is 11.8 Å². The number of aryl methyl sites for hydroxylation is 1. The third kappa shape index (κ3) is 5.89. The van der Waals surface area contributed by atoms with Crippen molar-refractivity contribution in [1.82, 2.24) is 10.2 Å². The van der Waals surface area contributed by atoms with Crippen molar-refractivity contribution < 1.29 is 19.1 Å². The van der Waals surface area contributed by atoms with Crippen LogP contribution in [0.15, 0.2) is 24.3 Å². The molecule has 0 unspecified atom stereocenters. The molecule has 0 spiro atoms. The fourth-order valence-corrected chi connectivity index (χ4v) is 2.85. The Morgan fingerprint density at radius 2 is 1.76 bits per heavy atom. The molecule has 1 heterocycles. The average molecular weight is 346 g/mol. The van der Waals surface area contributed by atoms with Gasteiger partial charge < -0.3 is 15.0 Å². The Hall–Kier alpha value is -2.37. The maximum atomic E-state index is 12.2. The zero-order valence-electron chi connectivity index (χ0n) is 14.9. The van der Waals surface area contributed by atoms with Crippen LogP contribution < -0.4 is 5.32 Å². The second kappa shape index (κ2) is 9.20. The van der Waals surface area contributed by atoms with Crippen molar-refractivity contribution in [2.24, 2.45) is 0 Å². The minimum Gasteiger partial charge on any atom is -0.466 e. The van der Waals surface area contributed by atoms with Crippen molar-refractivity contribution in [1.29, 1.82) is 0 Å². The van der Waals surface area contributed by atoms with E-state index >= 15 is 0 Å². The molecule has 0 radical (unpaired) electrons. The number of nitrogens with one attached hydrogen (secondary N) is 1. The highest BCUT2D eigenvalue weighted by molar-refractivity contribution is 5.94. The first-order valence-corrected chi connectivity index (χ1v) is 8.80. The zero-order chi connectivity index (χ0) is 18.2. The molecule has 1 aliphatic rings. The number of carbonyl (C=O) groups is 3. The number of likely N-dealkylation sites (tertiary alicyclic amines) is 1. The van der Waals surface area contributed by atoms with E-state index in [4.69, 9.17) is 4.74 Å². The van der Waals surface area contributed by atoms with Gasteiger partial charge >= 0.3 is 5.97 Å². The van der Waals surface area contributed by atoms with Gasteiger partial charge in [-0.2, -0.15) is 0 Å². The molecular formula is C19H26N2O4. The molecule has 1 N–H and O–H groups in total. The quantitative estimate of drug-likeness (QED) is 0.800. The Labute approximate surface area is 148 Å². The second-order valence-electron chi connectivity index (χ2n) is 6.30. The summed E-state index contributed by atoms with van der Waals surface area (Å²) in [6.45, 7) is 5.26. The van der Waals surface area contributed by atoms with Crippen LogP contribution in [0, 0.1) is 6.92 Å². The molecule has 6 heteroatoms. The van der Waals surface area contributed by atoms with E-state index < -0.39 is 0 Å². The van der Waals surface area contributed by atoms with Gasteiger partial charge in [-0.05, 0) is 38.8 Å². The van der Waals surface area contributed by atoms with Crippen LogP contribution in [-0.4, -0.2) is 48.4 Å². The Morgan fingerprint density at radius 1 is 1.12 bits per heavy atom. The molecule has 0 atom stereocenters. The highest BCUT2D eigenvalue weighted by Crippen LogP contribution is 2.13. The third-order valence-corrected chi connectivity index (χ3v) is 4.34. The lowest BCUT2D eigenvalue weighted by Crippen LogP contribution is -2.46. The van der Waals surface area contributed by atoms with Crippen LogP contribution in [0.2, 0.25) is 0 Å². The Bertz CT molecular complexity index is 604. The van der Waals surface area contributed by atoms with E-state index in [0.29, 0.717) is 25.3 Å². The smallest absolute Gasteiger partial charge is 0.306 e. The topological polar surface area (TPSA) is 75.7 Å². The first-order chi connectivity index (χ1) is 12.0. The molecule has 0 aliphatic carbocycles.